The average Bonchev–Trinajstić information content (AvgIpc) is 2.85. The Kier molecular flexibility index (Phi) is 2.99. The topological polar surface area (TPSA) is 68.3 Å². The molecule has 0 bridgehead atoms. The molecule has 0 atom stereocenters. The van der Waals surface area contributed by atoms with E-state index in [1.165, 1.54) is 0 Å². The molecule has 0 aliphatic rings. The Hall–Kier alpha value is -2.04. The number of hydrogen-bond acceptors (Lipinski definition) is 3. The number of nitrogens with zero attached hydrogens (tertiary/aromatic N) is 2. The normalized spacial score (nSPS) is 10.7. The lowest BCUT2D eigenvalue weighted by atomic mass is 10.1. The van der Waals surface area contributed by atoms with Crippen LogP contribution in [0.25, 0.3) is 0 Å². The molecule has 90 valence electrons. The smallest absolute Gasteiger partial charge is 0.354 e. The van der Waals surface area contributed by atoms with Crippen molar-refractivity contribution >= 4 is 5.97 Å². The first-order chi connectivity index (χ1) is 8.09. The average molecular weight is 234 g/mol. The van der Waals surface area contributed by atoms with Crippen LogP contribution in [0, 0.1) is 6.92 Å². The summed E-state index contributed by atoms with van der Waals surface area (Å²) >= 11 is 0. The van der Waals surface area contributed by atoms with Crippen molar-refractivity contribution < 1.29 is 14.3 Å². The van der Waals surface area contributed by atoms with Crippen LogP contribution in [0.3, 0.4) is 0 Å². The van der Waals surface area contributed by atoms with Gasteiger partial charge in [0.15, 0.2) is 0 Å². The van der Waals surface area contributed by atoms with Crippen LogP contribution in [0.15, 0.2) is 22.8 Å². The molecule has 0 saturated carbocycles. The molecule has 2 aromatic heterocycles. The van der Waals surface area contributed by atoms with Crippen molar-refractivity contribution in [3.05, 3.63) is 41.4 Å². The number of aryl methyl sites for hydroxylation is 3. The zero-order valence-corrected chi connectivity index (χ0v) is 9.80. The molecular formula is C12H14N2O3. The molecule has 17 heavy (non-hydrogen) atoms. The summed E-state index contributed by atoms with van der Waals surface area (Å²) in [5.41, 5.74) is 0.864. The Morgan fingerprint density at radius 3 is 2.88 bits per heavy atom. The summed E-state index contributed by atoms with van der Waals surface area (Å²) in [7, 11) is 1.71. The number of imidazole rings is 1. The van der Waals surface area contributed by atoms with Crippen LogP contribution >= 0.6 is 0 Å². The minimum atomic E-state index is -0.942. The first-order valence-corrected chi connectivity index (χ1v) is 5.37. The fraction of sp³-hybridized carbons (Fsp3) is 0.333. The van der Waals surface area contributed by atoms with E-state index in [1.807, 2.05) is 12.1 Å². The number of aromatic nitrogens is 2. The van der Waals surface area contributed by atoms with Gasteiger partial charge in [-0.1, -0.05) is 0 Å². The Morgan fingerprint density at radius 2 is 2.29 bits per heavy atom. The van der Waals surface area contributed by atoms with Gasteiger partial charge in [-0.2, -0.15) is 0 Å². The molecule has 0 fully saturated rings. The first kappa shape index (κ1) is 11.4. The van der Waals surface area contributed by atoms with Crippen LogP contribution < -0.4 is 0 Å². The third-order valence-corrected chi connectivity index (χ3v) is 2.78. The van der Waals surface area contributed by atoms with Crippen LogP contribution in [0.2, 0.25) is 0 Å². The third-order valence-electron chi connectivity index (χ3n) is 2.78. The second kappa shape index (κ2) is 4.45. The van der Waals surface area contributed by atoms with Gasteiger partial charge < -0.3 is 14.1 Å². The van der Waals surface area contributed by atoms with Crippen LogP contribution in [-0.4, -0.2) is 20.6 Å². The van der Waals surface area contributed by atoms with Crippen LogP contribution in [0.1, 0.15) is 27.8 Å². The lowest BCUT2D eigenvalue weighted by Gasteiger charge is -2.00. The zero-order chi connectivity index (χ0) is 12.4. The summed E-state index contributed by atoms with van der Waals surface area (Å²) in [5, 5.41) is 9.13. The maximum Gasteiger partial charge on any atom is 0.354 e. The van der Waals surface area contributed by atoms with Gasteiger partial charge in [-0.05, 0) is 25.5 Å². The van der Waals surface area contributed by atoms with Gasteiger partial charge in [0.1, 0.15) is 17.3 Å². The zero-order valence-electron chi connectivity index (χ0n) is 9.80. The second-order valence-corrected chi connectivity index (χ2v) is 3.90. The molecule has 0 aliphatic carbocycles. The summed E-state index contributed by atoms with van der Waals surface area (Å²) in [5.74, 6) is 0.601. The second-order valence-electron chi connectivity index (χ2n) is 3.90. The molecular weight excluding hydrogens is 220 g/mol. The van der Waals surface area contributed by atoms with Gasteiger partial charge in [-0.3, -0.25) is 0 Å². The lowest BCUT2D eigenvalue weighted by Crippen LogP contribution is -2.08. The van der Waals surface area contributed by atoms with E-state index >= 15 is 0 Å². The number of aromatic carboxylic acids is 1. The van der Waals surface area contributed by atoms with Crippen LogP contribution in [0.5, 0.6) is 0 Å². The molecule has 2 heterocycles. The van der Waals surface area contributed by atoms with Crippen molar-refractivity contribution in [2.45, 2.75) is 19.8 Å². The van der Waals surface area contributed by atoms with Gasteiger partial charge >= 0.3 is 5.97 Å². The predicted octanol–water partition coefficient (Wildman–Crippen LogP) is 1.80. The monoisotopic (exact) mass is 234 g/mol. The number of rotatable bonds is 4. The molecule has 1 N–H and O–H groups in total. The van der Waals surface area contributed by atoms with Gasteiger partial charge in [0.25, 0.3) is 0 Å². The molecule has 0 amide bonds. The molecule has 2 aromatic rings. The third kappa shape index (κ3) is 2.22. The van der Waals surface area contributed by atoms with E-state index in [9.17, 15) is 4.79 Å². The van der Waals surface area contributed by atoms with Crippen molar-refractivity contribution in [1.29, 1.82) is 0 Å². The van der Waals surface area contributed by atoms with E-state index in [0.717, 1.165) is 5.76 Å². The summed E-state index contributed by atoms with van der Waals surface area (Å²) in [4.78, 5) is 15.4. The Morgan fingerprint density at radius 1 is 1.53 bits per heavy atom. The summed E-state index contributed by atoms with van der Waals surface area (Å²) in [6.07, 6.45) is 2.83. The van der Waals surface area contributed by atoms with E-state index in [4.69, 9.17) is 9.52 Å². The fourth-order valence-corrected chi connectivity index (χ4v) is 1.82. The van der Waals surface area contributed by atoms with Gasteiger partial charge in [-0.25, -0.2) is 9.78 Å². The van der Waals surface area contributed by atoms with Gasteiger partial charge in [-0.15, -0.1) is 0 Å². The molecule has 0 radical (unpaired) electrons. The maximum absolute atomic E-state index is 11.1. The summed E-state index contributed by atoms with van der Waals surface area (Å²) in [6.45, 7) is 1.79. The number of carboxylic acid groups (broad SMARTS) is 1. The Bertz CT molecular complexity index is 526. The van der Waals surface area contributed by atoms with Gasteiger partial charge in [0.05, 0.1) is 12.0 Å². The first-order valence-electron chi connectivity index (χ1n) is 5.37. The number of carbonyl (C=O) groups is 1. The highest BCUT2D eigenvalue weighted by molar-refractivity contribution is 5.87. The summed E-state index contributed by atoms with van der Waals surface area (Å²) in [6, 6.07) is 3.69. The Balaban J connectivity index is 2.21. The maximum atomic E-state index is 11.1. The van der Waals surface area contributed by atoms with E-state index in [0.29, 0.717) is 24.4 Å². The molecule has 5 heteroatoms. The minimum absolute atomic E-state index is 0.258. The van der Waals surface area contributed by atoms with Crippen LogP contribution in [0.4, 0.5) is 0 Å². The number of carboxylic acids is 1. The fourth-order valence-electron chi connectivity index (χ4n) is 1.82. The molecule has 5 nitrogen and oxygen atoms in total. The molecule has 0 aromatic carbocycles. The number of hydrogen-bond donors (Lipinski definition) is 1. The van der Waals surface area contributed by atoms with Gasteiger partial charge in [0.2, 0.25) is 0 Å². The molecule has 0 spiro atoms. The lowest BCUT2D eigenvalue weighted by molar-refractivity contribution is 0.0685. The molecule has 0 unspecified atom stereocenters. The van der Waals surface area contributed by atoms with Crippen molar-refractivity contribution in [2.24, 2.45) is 7.05 Å². The minimum Gasteiger partial charge on any atom is -0.477 e. The van der Waals surface area contributed by atoms with Crippen molar-refractivity contribution in [1.82, 2.24) is 9.55 Å². The van der Waals surface area contributed by atoms with Crippen molar-refractivity contribution in [3.63, 3.8) is 0 Å². The highest BCUT2D eigenvalue weighted by Gasteiger charge is 2.18. The van der Waals surface area contributed by atoms with E-state index in [-0.39, 0.29) is 5.69 Å². The van der Waals surface area contributed by atoms with Crippen molar-refractivity contribution in [3.8, 4) is 0 Å². The van der Waals surface area contributed by atoms with E-state index in [1.54, 1.807) is 24.8 Å². The SMILES string of the molecule is Cc1nc(CCc2ccco2)c(C(=O)O)n1C. The quantitative estimate of drug-likeness (QED) is 0.875. The molecule has 0 saturated heterocycles. The highest BCUT2D eigenvalue weighted by Crippen LogP contribution is 2.13. The largest absolute Gasteiger partial charge is 0.477 e. The highest BCUT2D eigenvalue weighted by atomic mass is 16.4. The van der Waals surface area contributed by atoms with Crippen LogP contribution in [-0.2, 0) is 19.9 Å². The number of furan rings is 1. The van der Waals surface area contributed by atoms with E-state index in [2.05, 4.69) is 4.98 Å². The standard InChI is InChI=1S/C12H14N2O3/c1-8-13-10(11(12(15)16)14(8)2)6-5-9-4-3-7-17-9/h3-4,7H,5-6H2,1-2H3,(H,15,16). The van der Waals surface area contributed by atoms with Crippen molar-refractivity contribution in [2.75, 3.05) is 0 Å². The molecule has 0 aliphatic heterocycles. The van der Waals surface area contributed by atoms with E-state index < -0.39 is 5.97 Å². The molecule has 2 rings (SSSR count). The summed E-state index contributed by atoms with van der Waals surface area (Å²) < 4.78 is 6.81. The van der Waals surface area contributed by atoms with Gasteiger partial charge in [0, 0.05) is 13.5 Å². The predicted molar refractivity (Wildman–Crippen MR) is 61.0 cm³/mol. The Labute approximate surface area is 98.7 Å².